The quantitative estimate of drug-likeness (QED) is 0.752. The van der Waals surface area contributed by atoms with Crippen molar-refractivity contribution in [3.05, 3.63) is 41.8 Å². The highest BCUT2D eigenvalue weighted by atomic mass is 32.2. The van der Waals surface area contributed by atoms with Gasteiger partial charge >= 0.3 is 0 Å². The number of ether oxygens (including phenoxy) is 2. The van der Waals surface area contributed by atoms with Crippen LogP contribution in [0.1, 0.15) is 19.3 Å². The lowest BCUT2D eigenvalue weighted by Gasteiger charge is -2.22. The van der Waals surface area contributed by atoms with Gasteiger partial charge in [0.05, 0.1) is 18.1 Å². The van der Waals surface area contributed by atoms with Crippen molar-refractivity contribution >= 4 is 15.6 Å². The Morgan fingerprint density at radius 2 is 1.86 bits per heavy atom. The Labute approximate surface area is 124 Å². The molecule has 0 saturated carbocycles. The Morgan fingerprint density at radius 3 is 2.52 bits per heavy atom. The summed E-state index contributed by atoms with van der Waals surface area (Å²) >= 11 is 0. The predicted molar refractivity (Wildman–Crippen MR) is 77.3 cm³/mol. The fraction of sp³-hybridized carbons (Fsp3) is 0.400. The summed E-state index contributed by atoms with van der Waals surface area (Å²) in [7, 11) is -3.56. The summed E-state index contributed by atoms with van der Waals surface area (Å²) in [6.07, 6.45) is 2.24. The van der Waals surface area contributed by atoms with Gasteiger partial charge in [0.15, 0.2) is 21.9 Å². The van der Waals surface area contributed by atoms with E-state index in [1.807, 2.05) is 0 Å². The highest BCUT2D eigenvalue weighted by molar-refractivity contribution is 7.94. The third-order valence-electron chi connectivity index (χ3n) is 3.03. The Balaban J connectivity index is 1.86. The van der Waals surface area contributed by atoms with Gasteiger partial charge in [-0.15, -0.1) is 0 Å². The van der Waals surface area contributed by atoms with Gasteiger partial charge in [0.25, 0.3) is 0 Å². The van der Waals surface area contributed by atoms with E-state index >= 15 is 0 Å². The van der Waals surface area contributed by atoms with Crippen molar-refractivity contribution in [2.24, 2.45) is 0 Å². The van der Waals surface area contributed by atoms with Gasteiger partial charge in [0.1, 0.15) is 0 Å². The van der Waals surface area contributed by atoms with Crippen LogP contribution in [0.2, 0.25) is 0 Å². The lowest BCUT2D eigenvalue weighted by atomic mass is 10.2. The molecule has 1 heterocycles. The van der Waals surface area contributed by atoms with E-state index in [9.17, 15) is 13.2 Å². The number of sulfone groups is 1. The van der Waals surface area contributed by atoms with Crippen molar-refractivity contribution in [1.29, 1.82) is 0 Å². The van der Waals surface area contributed by atoms with Gasteiger partial charge in [-0.1, -0.05) is 18.2 Å². The maximum Gasteiger partial charge on any atom is 0.199 e. The average Bonchev–Trinajstić information content (AvgIpc) is 2.53. The van der Waals surface area contributed by atoms with Gasteiger partial charge in [-0.2, -0.15) is 0 Å². The summed E-state index contributed by atoms with van der Waals surface area (Å²) in [5.74, 6) is -0.257. The van der Waals surface area contributed by atoms with E-state index in [4.69, 9.17) is 9.47 Å². The number of carbonyl (C=O) groups excluding carboxylic acids is 1. The van der Waals surface area contributed by atoms with Crippen molar-refractivity contribution in [3.8, 4) is 0 Å². The van der Waals surface area contributed by atoms with E-state index in [-0.39, 0.29) is 23.4 Å². The smallest absolute Gasteiger partial charge is 0.199 e. The highest BCUT2D eigenvalue weighted by Crippen LogP contribution is 2.13. The molecule has 0 N–H and O–H groups in total. The van der Waals surface area contributed by atoms with Gasteiger partial charge in [-0.3, -0.25) is 4.79 Å². The van der Waals surface area contributed by atoms with Crippen molar-refractivity contribution in [1.82, 2.24) is 0 Å². The standard InChI is InChI=1S/C15H18O5S/c16-13(7-8-15-19-10-4-11-20-15)9-12-21(17,18)14-5-2-1-3-6-14/h1-3,5-6,9,12,15H,4,7-8,10-11H2/b12-9+. The number of benzene rings is 1. The van der Waals surface area contributed by atoms with Crippen LogP contribution in [0.4, 0.5) is 0 Å². The number of hydrogen-bond donors (Lipinski definition) is 0. The summed E-state index contributed by atoms with van der Waals surface area (Å²) in [6, 6.07) is 8.00. The minimum absolute atomic E-state index is 0.174. The number of rotatable bonds is 6. The van der Waals surface area contributed by atoms with E-state index in [1.165, 1.54) is 12.1 Å². The lowest BCUT2D eigenvalue weighted by Crippen LogP contribution is -2.25. The zero-order chi connectivity index (χ0) is 15.1. The third-order valence-corrected chi connectivity index (χ3v) is 4.45. The van der Waals surface area contributed by atoms with Gasteiger partial charge < -0.3 is 9.47 Å². The molecule has 0 unspecified atom stereocenters. The largest absolute Gasteiger partial charge is 0.353 e. The second kappa shape index (κ2) is 7.49. The second-order valence-corrected chi connectivity index (χ2v) is 6.52. The SMILES string of the molecule is O=C(/C=C/S(=O)(=O)c1ccccc1)CCC1OCCCO1. The molecular formula is C15H18O5S. The first-order valence-electron chi connectivity index (χ1n) is 6.82. The van der Waals surface area contributed by atoms with Crippen LogP contribution in [0, 0.1) is 0 Å². The van der Waals surface area contributed by atoms with Crippen LogP contribution in [0.5, 0.6) is 0 Å². The highest BCUT2D eigenvalue weighted by Gasteiger charge is 2.15. The van der Waals surface area contributed by atoms with Crippen molar-refractivity contribution < 1.29 is 22.7 Å². The molecule has 1 fully saturated rings. The van der Waals surface area contributed by atoms with Gasteiger partial charge in [0.2, 0.25) is 0 Å². The van der Waals surface area contributed by atoms with Crippen LogP contribution in [-0.4, -0.2) is 33.7 Å². The van der Waals surface area contributed by atoms with Gasteiger partial charge in [-0.05, 0) is 24.6 Å². The molecule has 2 rings (SSSR count). The molecule has 0 atom stereocenters. The number of allylic oxidation sites excluding steroid dienone is 1. The van der Waals surface area contributed by atoms with E-state index in [2.05, 4.69) is 0 Å². The Bertz CT molecular complexity index is 586. The van der Waals surface area contributed by atoms with E-state index < -0.39 is 9.84 Å². The minimum atomic E-state index is -3.56. The molecule has 21 heavy (non-hydrogen) atoms. The summed E-state index contributed by atoms with van der Waals surface area (Å²) < 4.78 is 34.6. The predicted octanol–water partition coefficient (Wildman–Crippen LogP) is 2.09. The van der Waals surface area contributed by atoms with Crippen LogP contribution in [0.15, 0.2) is 46.7 Å². The topological polar surface area (TPSA) is 69.7 Å². The number of carbonyl (C=O) groups is 1. The van der Waals surface area contributed by atoms with E-state index in [1.54, 1.807) is 18.2 Å². The van der Waals surface area contributed by atoms with Crippen LogP contribution in [-0.2, 0) is 24.1 Å². The fourth-order valence-electron chi connectivity index (χ4n) is 1.90. The van der Waals surface area contributed by atoms with E-state index in [0.29, 0.717) is 19.6 Å². The molecule has 1 aliphatic heterocycles. The molecule has 0 amide bonds. The molecule has 0 bridgehead atoms. The Kier molecular flexibility index (Phi) is 5.67. The van der Waals surface area contributed by atoms with Gasteiger partial charge in [-0.25, -0.2) is 8.42 Å². The average molecular weight is 310 g/mol. The lowest BCUT2D eigenvalue weighted by molar-refractivity contribution is -0.181. The maximum absolute atomic E-state index is 12.0. The molecule has 1 aromatic rings. The number of hydrogen-bond acceptors (Lipinski definition) is 5. The monoisotopic (exact) mass is 310 g/mol. The normalized spacial score (nSPS) is 17.1. The Morgan fingerprint density at radius 1 is 1.19 bits per heavy atom. The molecule has 0 radical (unpaired) electrons. The van der Waals surface area contributed by atoms with Crippen molar-refractivity contribution in [3.63, 3.8) is 0 Å². The molecule has 0 aromatic heterocycles. The summed E-state index contributed by atoms with van der Waals surface area (Å²) in [5.41, 5.74) is 0. The molecule has 1 aromatic carbocycles. The molecule has 1 aliphatic rings. The zero-order valence-corrected chi connectivity index (χ0v) is 12.4. The van der Waals surface area contributed by atoms with Crippen LogP contribution in [0.3, 0.4) is 0 Å². The fourth-order valence-corrected chi connectivity index (χ4v) is 2.93. The molecular weight excluding hydrogens is 292 g/mol. The van der Waals surface area contributed by atoms with Crippen LogP contribution < -0.4 is 0 Å². The van der Waals surface area contributed by atoms with Crippen LogP contribution >= 0.6 is 0 Å². The van der Waals surface area contributed by atoms with Crippen molar-refractivity contribution in [2.75, 3.05) is 13.2 Å². The third kappa shape index (κ3) is 5.08. The zero-order valence-electron chi connectivity index (χ0n) is 11.6. The first-order chi connectivity index (χ1) is 10.1. The van der Waals surface area contributed by atoms with E-state index in [0.717, 1.165) is 17.9 Å². The summed E-state index contributed by atoms with van der Waals surface area (Å²) in [5, 5.41) is 0.952. The number of ketones is 1. The molecule has 0 aliphatic carbocycles. The summed E-state index contributed by atoms with van der Waals surface area (Å²) in [4.78, 5) is 11.9. The minimum Gasteiger partial charge on any atom is -0.353 e. The molecule has 1 saturated heterocycles. The maximum atomic E-state index is 12.0. The molecule has 6 heteroatoms. The first kappa shape index (κ1) is 15.9. The second-order valence-electron chi connectivity index (χ2n) is 4.69. The summed E-state index contributed by atoms with van der Waals surface area (Å²) in [6.45, 7) is 1.27. The Hall–Kier alpha value is -1.50. The molecule has 0 spiro atoms. The molecule has 5 nitrogen and oxygen atoms in total. The first-order valence-corrected chi connectivity index (χ1v) is 8.37. The van der Waals surface area contributed by atoms with Gasteiger partial charge in [0, 0.05) is 18.2 Å². The van der Waals surface area contributed by atoms with Crippen LogP contribution in [0.25, 0.3) is 0 Å². The molecule has 114 valence electrons. The van der Waals surface area contributed by atoms with Crippen molar-refractivity contribution in [2.45, 2.75) is 30.4 Å².